The highest BCUT2D eigenvalue weighted by Gasteiger charge is 2.37. The maximum Gasteiger partial charge on any atom is 0.338 e. The van der Waals surface area contributed by atoms with Gasteiger partial charge in [-0.05, 0) is 30.7 Å². The average Bonchev–Trinajstić information content (AvgIpc) is 2.74. The van der Waals surface area contributed by atoms with Crippen molar-refractivity contribution < 1.29 is 24.0 Å². The lowest BCUT2D eigenvalue weighted by Crippen LogP contribution is -2.48. The van der Waals surface area contributed by atoms with Crippen LogP contribution in [-0.2, 0) is 9.53 Å². The zero-order chi connectivity index (χ0) is 22.5. The molecule has 1 atom stereocenters. The van der Waals surface area contributed by atoms with Crippen LogP contribution in [0.2, 0.25) is 5.02 Å². The van der Waals surface area contributed by atoms with E-state index in [2.05, 4.69) is 5.32 Å². The van der Waals surface area contributed by atoms with Gasteiger partial charge in [-0.15, -0.1) is 0 Å². The third-order valence-electron chi connectivity index (χ3n) is 4.66. The number of benzene rings is 2. The Hall–Kier alpha value is -3.59. The molecule has 1 heterocycles. The largest absolute Gasteiger partial charge is 0.487 e. The van der Waals surface area contributed by atoms with Gasteiger partial charge in [0.05, 0.1) is 28.8 Å². The second-order valence-corrected chi connectivity index (χ2v) is 7.06. The predicted octanol–water partition coefficient (Wildman–Crippen LogP) is 3.84. The number of hydrogen-bond acceptors (Lipinski definition) is 6. The Balaban J connectivity index is 2.06. The van der Waals surface area contributed by atoms with Crippen LogP contribution in [0.4, 0.5) is 10.5 Å². The number of esters is 1. The summed E-state index contributed by atoms with van der Waals surface area (Å²) in [5.41, 5.74) is 0.620. The molecule has 0 radical (unpaired) electrons. The van der Waals surface area contributed by atoms with Gasteiger partial charge >= 0.3 is 12.0 Å². The Morgan fingerprint density at radius 1 is 1.26 bits per heavy atom. The fraction of sp³-hybridized carbons (Fsp3) is 0.238. The number of likely N-dealkylation sites (N-methyl/N-ethyl adjacent to an activating group) is 1. The molecule has 2 aromatic carbocycles. The van der Waals surface area contributed by atoms with Crippen molar-refractivity contribution in [1.29, 1.82) is 0 Å². The lowest BCUT2D eigenvalue weighted by Gasteiger charge is -2.34. The summed E-state index contributed by atoms with van der Waals surface area (Å²) in [6, 6.07) is 11.0. The fourth-order valence-corrected chi connectivity index (χ4v) is 3.34. The lowest BCUT2D eigenvalue weighted by atomic mass is 9.94. The molecule has 2 aromatic rings. The summed E-state index contributed by atoms with van der Waals surface area (Å²) in [4.78, 5) is 37.4. The second kappa shape index (κ2) is 9.48. The van der Waals surface area contributed by atoms with Gasteiger partial charge in [0.1, 0.15) is 12.4 Å². The van der Waals surface area contributed by atoms with Crippen molar-refractivity contribution in [2.75, 3.05) is 20.3 Å². The number of non-ortho nitro benzene ring substituents is 1. The van der Waals surface area contributed by atoms with Crippen molar-refractivity contribution in [1.82, 2.24) is 10.2 Å². The highest BCUT2D eigenvalue weighted by atomic mass is 35.5. The minimum absolute atomic E-state index is 0.115. The minimum atomic E-state index is -0.944. The number of halogens is 1. The van der Waals surface area contributed by atoms with E-state index in [-0.39, 0.29) is 30.2 Å². The van der Waals surface area contributed by atoms with Gasteiger partial charge < -0.3 is 14.8 Å². The molecule has 31 heavy (non-hydrogen) atoms. The summed E-state index contributed by atoms with van der Waals surface area (Å²) in [6.45, 7) is 1.65. The molecule has 0 fully saturated rings. The number of nitro benzene ring substituents is 1. The highest BCUT2D eigenvalue weighted by Crippen LogP contribution is 2.33. The summed E-state index contributed by atoms with van der Waals surface area (Å²) in [7, 11) is 1.49. The molecule has 0 unspecified atom stereocenters. The third kappa shape index (κ3) is 4.95. The Morgan fingerprint density at radius 2 is 2.00 bits per heavy atom. The molecule has 1 aliphatic rings. The highest BCUT2D eigenvalue weighted by molar-refractivity contribution is 6.30. The van der Waals surface area contributed by atoms with E-state index >= 15 is 0 Å². The average molecular weight is 446 g/mol. The first-order valence-electron chi connectivity index (χ1n) is 9.39. The number of hydrogen-bond donors (Lipinski definition) is 1. The molecule has 9 nitrogen and oxygen atoms in total. The number of urea groups is 1. The van der Waals surface area contributed by atoms with Crippen molar-refractivity contribution in [3.8, 4) is 5.75 Å². The first kappa shape index (κ1) is 22.1. The molecule has 0 aromatic heterocycles. The second-order valence-electron chi connectivity index (χ2n) is 6.62. The molecule has 0 aliphatic carbocycles. The molecule has 2 amide bonds. The number of amides is 2. The van der Waals surface area contributed by atoms with Gasteiger partial charge in [-0.2, -0.15) is 0 Å². The zero-order valence-corrected chi connectivity index (χ0v) is 17.6. The SMILES string of the molecule is CCOC(=O)C1=C(COc2cccc(Cl)c2)N(C)C(=O)N[C@H]1c1cccc([N+](=O)[O-])c1. The lowest BCUT2D eigenvalue weighted by molar-refractivity contribution is -0.384. The molecular weight excluding hydrogens is 426 g/mol. The quantitative estimate of drug-likeness (QED) is 0.393. The fourth-order valence-electron chi connectivity index (χ4n) is 3.16. The molecule has 0 spiro atoms. The van der Waals surface area contributed by atoms with Crippen LogP contribution in [0.15, 0.2) is 59.8 Å². The molecule has 0 saturated heterocycles. The van der Waals surface area contributed by atoms with Gasteiger partial charge in [-0.25, -0.2) is 9.59 Å². The number of carbonyl (C=O) groups excluding carboxylic acids is 2. The van der Waals surface area contributed by atoms with Crippen LogP contribution in [0.5, 0.6) is 5.75 Å². The first-order chi connectivity index (χ1) is 14.8. The molecule has 162 valence electrons. The van der Waals surface area contributed by atoms with E-state index in [1.54, 1.807) is 37.3 Å². The Kier molecular flexibility index (Phi) is 6.76. The van der Waals surface area contributed by atoms with Crippen LogP contribution >= 0.6 is 11.6 Å². The summed E-state index contributed by atoms with van der Waals surface area (Å²) >= 11 is 5.99. The normalized spacial score (nSPS) is 16.0. The van der Waals surface area contributed by atoms with Gasteiger partial charge in [-0.3, -0.25) is 15.0 Å². The van der Waals surface area contributed by atoms with Gasteiger partial charge in [0.15, 0.2) is 0 Å². The summed E-state index contributed by atoms with van der Waals surface area (Å²) < 4.78 is 11.0. The smallest absolute Gasteiger partial charge is 0.338 e. The number of carbonyl (C=O) groups is 2. The topological polar surface area (TPSA) is 111 Å². The Bertz CT molecular complexity index is 1050. The minimum Gasteiger partial charge on any atom is -0.487 e. The molecule has 0 bridgehead atoms. The van der Waals surface area contributed by atoms with E-state index in [0.29, 0.717) is 16.3 Å². The number of nitrogens with one attached hydrogen (secondary N) is 1. The molecule has 1 N–H and O–H groups in total. The molecule has 1 aliphatic heterocycles. The van der Waals surface area contributed by atoms with Crippen LogP contribution in [0.1, 0.15) is 18.5 Å². The summed E-state index contributed by atoms with van der Waals surface area (Å²) in [6.07, 6.45) is 0. The third-order valence-corrected chi connectivity index (χ3v) is 4.89. The molecule has 3 rings (SSSR count). The van der Waals surface area contributed by atoms with E-state index in [4.69, 9.17) is 21.1 Å². The van der Waals surface area contributed by atoms with Crippen LogP contribution < -0.4 is 10.1 Å². The van der Waals surface area contributed by atoms with Crippen molar-refractivity contribution in [3.63, 3.8) is 0 Å². The maximum atomic E-state index is 12.9. The van der Waals surface area contributed by atoms with Crippen LogP contribution in [0.3, 0.4) is 0 Å². The van der Waals surface area contributed by atoms with E-state index < -0.39 is 23.0 Å². The standard InChI is InChI=1S/C21H20ClN3O6/c1-3-30-20(26)18-17(12-31-16-9-5-7-14(22)11-16)24(2)21(27)23-19(18)13-6-4-8-15(10-13)25(28)29/h4-11,19H,3,12H2,1-2H3,(H,23,27)/t19-/m0/s1. The Labute approximate surface area is 183 Å². The van der Waals surface area contributed by atoms with Crippen LogP contribution in [0, 0.1) is 10.1 Å². The van der Waals surface area contributed by atoms with Crippen molar-refractivity contribution in [2.24, 2.45) is 0 Å². The van der Waals surface area contributed by atoms with Gasteiger partial charge in [0.25, 0.3) is 5.69 Å². The maximum absolute atomic E-state index is 12.9. The van der Waals surface area contributed by atoms with Gasteiger partial charge in [0.2, 0.25) is 0 Å². The number of rotatable bonds is 7. The molecular formula is C21H20ClN3O6. The molecule has 10 heteroatoms. The van der Waals surface area contributed by atoms with Crippen molar-refractivity contribution in [3.05, 3.63) is 80.5 Å². The number of nitro groups is 1. The zero-order valence-electron chi connectivity index (χ0n) is 16.8. The van der Waals surface area contributed by atoms with E-state index in [1.165, 1.54) is 30.1 Å². The van der Waals surface area contributed by atoms with Gasteiger partial charge in [0, 0.05) is 24.2 Å². The molecule has 0 saturated carbocycles. The van der Waals surface area contributed by atoms with Crippen LogP contribution in [0.25, 0.3) is 0 Å². The number of ether oxygens (including phenoxy) is 2. The number of nitrogens with zero attached hydrogens (tertiary/aromatic N) is 2. The monoisotopic (exact) mass is 445 g/mol. The summed E-state index contributed by atoms with van der Waals surface area (Å²) in [5.74, 6) is -0.204. The van der Waals surface area contributed by atoms with Crippen LogP contribution in [-0.4, -0.2) is 42.1 Å². The van der Waals surface area contributed by atoms with E-state index in [0.717, 1.165) is 0 Å². The predicted molar refractivity (Wildman–Crippen MR) is 113 cm³/mol. The summed E-state index contributed by atoms with van der Waals surface area (Å²) in [5, 5.41) is 14.4. The van der Waals surface area contributed by atoms with Crippen molar-refractivity contribution >= 4 is 29.3 Å². The van der Waals surface area contributed by atoms with E-state index in [9.17, 15) is 19.7 Å². The Morgan fingerprint density at radius 3 is 2.68 bits per heavy atom. The van der Waals surface area contributed by atoms with Gasteiger partial charge in [-0.1, -0.05) is 29.8 Å². The first-order valence-corrected chi connectivity index (χ1v) is 9.76. The van der Waals surface area contributed by atoms with E-state index in [1.807, 2.05) is 0 Å². The van der Waals surface area contributed by atoms with Crippen molar-refractivity contribution in [2.45, 2.75) is 13.0 Å².